The number of benzene rings is 1. The van der Waals surface area contributed by atoms with Gasteiger partial charge in [-0.3, -0.25) is 9.79 Å². The first-order valence-corrected chi connectivity index (χ1v) is 8.20. The number of halogens is 2. The molecule has 3 rings (SSSR count). The Morgan fingerprint density at radius 3 is 2.92 bits per heavy atom. The first-order chi connectivity index (χ1) is 12.4. The van der Waals surface area contributed by atoms with Crippen LogP contribution in [0.3, 0.4) is 0 Å². The van der Waals surface area contributed by atoms with E-state index in [1.54, 1.807) is 6.92 Å². The van der Waals surface area contributed by atoms with Crippen molar-refractivity contribution in [1.82, 2.24) is 14.9 Å². The fourth-order valence-electron chi connectivity index (χ4n) is 3.14. The summed E-state index contributed by atoms with van der Waals surface area (Å²) in [7, 11) is 0. The zero-order valence-electron chi connectivity index (χ0n) is 14.0. The molecule has 1 N–H and O–H groups in total. The van der Waals surface area contributed by atoms with Crippen molar-refractivity contribution < 1.29 is 9.18 Å². The molecule has 6 nitrogen and oxygen atoms in total. The number of hydrogen-bond donors (Lipinski definition) is 1. The number of imidazole rings is 1. The second-order valence-corrected chi connectivity index (χ2v) is 6.28. The second kappa shape index (κ2) is 6.73. The molecule has 1 aromatic carbocycles. The van der Waals surface area contributed by atoms with Crippen LogP contribution < -0.4 is 0 Å². The summed E-state index contributed by atoms with van der Waals surface area (Å²) in [6.45, 7) is 9.40. The monoisotopic (exact) mass is 371 g/mol. The van der Waals surface area contributed by atoms with Gasteiger partial charge < -0.3 is 9.88 Å². The molecule has 0 saturated heterocycles. The van der Waals surface area contributed by atoms with Crippen molar-refractivity contribution in [3.8, 4) is 6.07 Å². The zero-order valence-corrected chi connectivity index (χ0v) is 14.8. The molecule has 0 fully saturated rings. The van der Waals surface area contributed by atoms with E-state index in [-0.39, 0.29) is 27.5 Å². The fraction of sp³-hybridized carbons (Fsp3) is 0.222. The summed E-state index contributed by atoms with van der Waals surface area (Å²) >= 11 is 6.05. The van der Waals surface area contributed by atoms with Crippen molar-refractivity contribution in [3.63, 3.8) is 0 Å². The van der Waals surface area contributed by atoms with Crippen LogP contribution in [0.4, 0.5) is 4.39 Å². The number of H-pyrrole nitrogens is 1. The van der Waals surface area contributed by atoms with Crippen LogP contribution in [0.2, 0.25) is 5.02 Å². The number of fused-ring (bicyclic) bond motifs is 1. The number of aromatic nitrogens is 2. The molecule has 132 valence electrons. The Labute approximate surface area is 154 Å². The largest absolute Gasteiger partial charge is 0.333 e. The van der Waals surface area contributed by atoms with Gasteiger partial charge in [0.15, 0.2) is 11.6 Å². The van der Waals surface area contributed by atoms with Crippen molar-refractivity contribution in [2.45, 2.75) is 19.4 Å². The van der Waals surface area contributed by atoms with Crippen molar-refractivity contribution in [2.24, 2.45) is 4.99 Å². The summed E-state index contributed by atoms with van der Waals surface area (Å²) in [6, 6.07) is 4.14. The van der Waals surface area contributed by atoms with Gasteiger partial charge in [0.2, 0.25) is 0 Å². The number of nitrogens with zero attached hydrogens (tertiary/aromatic N) is 4. The van der Waals surface area contributed by atoms with Crippen LogP contribution in [0.5, 0.6) is 0 Å². The predicted molar refractivity (Wildman–Crippen MR) is 97.5 cm³/mol. The average Bonchev–Trinajstić information content (AvgIpc) is 3.10. The molecule has 1 unspecified atom stereocenters. The Balaban J connectivity index is 2.01. The van der Waals surface area contributed by atoms with E-state index in [1.165, 1.54) is 17.0 Å². The number of hydrogen-bond acceptors (Lipinski definition) is 4. The van der Waals surface area contributed by atoms with Gasteiger partial charge in [-0.1, -0.05) is 18.2 Å². The standard InChI is InChI=1S/C18H15ClFN5O/c1-9(8-21)14-10(2)25(7-6-13(14)22-3)18(26)17-23-15-11(19)4-5-12(20)16(15)24-17/h4-5,10H,1,3,6-7H2,2H3,(H,23,24). The lowest BCUT2D eigenvalue weighted by Crippen LogP contribution is -2.44. The van der Waals surface area contributed by atoms with Gasteiger partial charge in [0.05, 0.1) is 28.2 Å². The lowest BCUT2D eigenvalue weighted by molar-refractivity contribution is 0.0697. The molecule has 8 heteroatoms. The fourth-order valence-corrected chi connectivity index (χ4v) is 3.34. The molecule has 1 aromatic heterocycles. The van der Waals surface area contributed by atoms with E-state index in [2.05, 4.69) is 28.3 Å². The van der Waals surface area contributed by atoms with E-state index in [4.69, 9.17) is 11.6 Å². The first kappa shape index (κ1) is 17.8. The highest BCUT2D eigenvalue weighted by Crippen LogP contribution is 2.31. The van der Waals surface area contributed by atoms with Gasteiger partial charge in [-0.25, -0.2) is 9.37 Å². The molecule has 1 aliphatic rings. The third-order valence-corrected chi connectivity index (χ3v) is 4.76. The van der Waals surface area contributed by atoms with E-state index < -0.39 is 17.8 Å². The maximum Gasteiger partial charge on any atom is 0.290 e. The van der Waals surface area contributed by atoms with Crippen LogP contribution in [0.1, 0.15) is 24.0 Å². The molecule has 0 radical (unpaired) electrons. The van der Waals surface area contributed by atoms with Crippen molar-refractivity contribution in [2.75, 3.05) is 6.54 Å². The Kier molecular flexibility index (Phi) is 4.62. The maximum absolute atomic E-state index is 13.9. The molecule has 2 aromatic rings. The number of amides is 1. The molecular weight excluding hydrogens is 357 g/mol. The van der Waals surface area contributed by atoms with Gasteiger partial charge in [-0.05, 0) is 25.8 Å². The number of nitrogens with one attached hydrogen (secondary N) is 1. The van der Waals surface area contributed by atoms with Gasteiger partial charge in [-0.2, -0.15) is 5.26 Å². The first-order valence-electron chi connectivity index (χ1n) is 7.82. The van der Waals surface area contributed by atoms with E-state index in [0.717, 1.165) is 0 Å². The molecule has 0 bridgehead atoms. The minimum absolute atomic E-state index is 0.0103. The smallest absolute Gasteiger partial charge is 0.290 e. The minimum atomic E-state index is -0.567. The topological polar surface area (TPSA) is 85.1 Å². The highest BCUT2D eigenvalue weighted by atomic mass is 35.5. The molecule has 0 saturated carbocycles. The molecule has 2 heterocycles. The van der Waals surface area contributed by atoms with E-state index in [1.807, 2.05) is 6.07 Å². The third-order valence-electron chi connectivity index (χ3n) is 4.44. The summed E-state index contributed by atoms with van der Waals surface area (Å²) < 4.78 is 13.9. The Bertz CT molecular complexity index is 977. The van der Waals surface area contributed by atoms with E-state index in [9.17, 15) is 14.4 Å². The van der Waals surface area contributed by atoms with Crippen LogP contribution in [0, 0.1) is 17.1 Å². The average molecular weight is 372 g/mol. The summed E-state index contributed by atoms with van der Waals surface area (Å²) in [5, 5.41) is 9.47. The summed E-state index contributed by atoms with van der Waals surface area (Å²) in [4.78, 5) is 25.3. The van der Waals surface area contributed by atoms with E-state index in [0.29, 0.717) is 24.2 Å². The number of rotatable bonds is 3. The molecule has 0 aliphatic carbocycles. The lowest BCUT2D eigenvalue weighted by atomic mass is 9.93. The summed E-state index contributed by atoms with van der Waals surface area (Å²) in [5.41, 5.74) is 1.73. The minimum Gasteiger partial charge on any atom is -0.333 e. The van der Waals surface area contributed by atoms with Crippen LogP contribution in [-0.2, 0) is 0 Å². The maximum atomic E-state index is 13.9. The van der Waals surface area contributed by atoms with E-state index >= 15 is 0 Å². The number of carbonyl (C=O) groups excluding carboxylic acids is 1. The number of aromatic amines is 1. The van der Waals surface area contributed by atoms with Crippen LogP contribution in [-0.4, -0.2) is 40.1 Å². The molecule has 1 aliphatic heterocycles. The van der Waals surface area contributed by atoms with Crippen LogP contribution >= 0.6 is 11.6 Å². The van der Waals surface area contributed by atoms with Gasteiger partial charge in [-0.15, -0.1) is 0 Å². The third kappa shape index (κ3) is 2.78. The lowest BCUT2D eigenvalue weighted by Gasteiger charge is -2.35. The van der Waals surface area contributed by atoms with Crippen molar-refractivity contribution in [3.05, 3.63) is 52.2 Å². The van der Waals surface area contributed by atoms with Gasteiger partial charge in [0.1, 0.15) is 5.52 Å². The van der Waals surface area contributed by atoms with Crippen molar-refractivity contribution in [1.29, 1.82) is 5.26 Å². The van der Waals surface area contributed by atoms with Gasteiger partial charge in [0, 0.05) is 24.2 Å². The SMILES string of the molecule is C=NC1=C(C(=C)C#N)C(C)N(C(=O)c2nc3c(F)ccc(Cl)c3[nH]2)CC1. The number of nitriles is 1. The van der Waals surface area contributed by atoms with Crippen LogP contribution in [0.25, 0.3) is 11.0 Å². The number of aliphatic imine (C=N–C) groups is 1. The Morgan fingerprint density at radius 1 is 1.58 bits per heavy atom. The molecule has 26 heavy (non-hydrogen) atoms. The summed E-state index contributed by atoms with van der Waals surface area (Å²) in [6.07, 6.45) is 0.435. The highest BCUT2D eigenvalue weighted by molar-refractivity contribution is 6.35. The second-order valence-electron chi connectivity index (χ2n) is 5.87. The zero-order chi connectivity index (χ0) is 19.0. The molecule has 1 amide bonds. The molecule has 1 atom stereocenters. The Morgan fingerprint density at radius 2 is 2.31 bits per heavy atom. The molecule has 0 spiro atoms. The summed E-state index contributed by atoms with van der Waals surface area (Å²) in [5.74, 6) is -1.01. The quantitative estimate of drug-likeness (QED) is 0.660. The molecular formula is C18H15ClFN5O. The van der Waals surface area contributed by atoms with Gasteiger partial charge in [0.25, 0.3) is 5.91 Å². The van der Waals surface area contributed by atoms with Gasteiger partial charge >= 0.3 is 0 Å². The Hall–Kier alpha value is -2.98. The number of carbonyl (C=O) groups is 1. The predicted octanol–water partition coefficient (Wildman–Crippen LogP) is 3.62. The highest BCUT2D eigenvalue weighted by Gasteiger charge is 2.33. The van der Waals surface area contributed by atoms with Crippen LogP contribution in [0.15, 0.2) is 40.5 Å². The normalized spacial score (nSPS) is 17.3. The van der Waals surface area contributed by atoms with Crippen molar-refractivity contribution >= 4 is 35.3 Å².